The molecule has 0 unspecified atom stereocenters. The lowest BCUT2D eigenvalue weighted by Gasteiger charge is -2.41. The fourth-order valence-electron chi connectivity index (χ4n) is 4.76. The molecule has 1 atom stereocenters. The topological polar surface area (TPSA) is 44.7 Å². The summed E-state index contributed by atoms with van der Waals surface area (Å²) in [7, 11) is 0. The Morgan fingerprint density at radius 3 is 2.33 bits per heavy atom. The SMILES string of the molecule is Cl.Cl.Oc1cc(OCc2ccccc2)ccc1[C@@H](C1CCCCC1)N1CCNCC1. The van der Waals surface area contributed by atoms with E-state index in [2.05, 4.69) is 28.4 Å². The highest BCUT2D eigenvalue weighted by Crippen LogP contribution is 2.42. The quantitative estimate of drug-likeness (QED) is 0.620. The Labute approximate surface area is 192 Å². The summed E-state index contributed by atoms with van der Waals surface area (Å²) in [5.41, 5.74) is 2.20. The number of hydrogen-bond donors (Lipinski definition) is 2. The maximum absolute atomic E-state index is 10.9. The zero-order valence-electron chi connectivity index (χ0n) is 17.5. The lowest BCUT2D eigenvalue weighted by atomic mass is 9.80. The van der Waals surface area contributed by atoms with Gasteiger partial charge < -0.3 is 15.2 Å². The zero-order chi connectivity index (χ0) is 19.2. The van der Waals surface area contributed by atoms with Crippen LogP contribution < -0.4 is 10.1 Å². The van der Waals surface area contributed by atoms with Crippen molar-refractivity contribution in [1.82, 2.24) is 10.2 Å². The molecule has 1 heterocycles. The van der Waals surface area contributed by atoms with E-state index < -0.39 is 0 Å². The molecule has 4 nitrogen and oxygen atoms in total. The number of halogens is 2. The third-order valence-corrected chi connectivity index (χ3v) is 6.21. The molecule has 2 aromatic carbocycles. The van der Waals surface area contributed by atoms with Crippen LogP contribution in [0.3, 0.4) is 0 Å². The maximum atomic E-state index is 10.9. The standard InChI is InChI=1S/C24H32N2O2.2ClH/c27-23-17-21(28-18-19-7-3-1-4-8-19)11-12-22(23)24(20-9-5-2-6-10-20)26-15-13-25-14-16-26;;/h1,3-4,7-8,11-12,17,20,24-25,27H,2,5-6,9-10,13-16,18H2;2*1H/t24-;;/m1../s1. The van der Waals surface area contributed by atoms with E-state index in [1.807, 2.05) is 24.3 Å². The van der Waals surface area contributed by atoms with Crippen LogP contribution in [0.1, 0.15) is 49.3 Å². The molecule has 6 heteroatoms. The minimum Gasteiger partial charge on any atom is -0.507 e. The van der Waals surface area contributed by atoms with Crippen LogP contribution in [0.4, 0.5) is 0 Å². The molecule has 1 aliphatic carbocycles. The van der Waals surface area contributed by atoms with E-state index in [-0.39, 0.29) is 24.8 Å². The van der Waals surface area contributed by atoms with E-state index in [0.717, 1.165) is 43.1 Å². The first-order valence-corrected chi connectivity index (χ1v) is 10.8. The van der Waals surface area contributed by atoms with Crippen LogP contribution >= 0.6 is 24.8 Å². The van der Waals surface area contributed by atoms with Gasteiger partial charge in [0.1, 0.15) is 18.1 Å². The summed E-state index contributed by atoms with van der Waals surface area (Å²) in [4.78, 5) is 2.58. The highest BCUT2D eigenvalue weighted by atomic mass is 35.5. The van der Waals surface area contributed by atoms with Crippen molar-refractivity contribution in [2.24, 2.45) is 5.92 Å². The van der Waals surface area contributed by atoms with Gasteiger partial charge in [0.25, 0.3) is 0 Å². The Morgan fingerprint density at radius 2 is 1.67 bits per heavy atom. The van der Waals surface area contributed by atoms with Crippen molar-refractivity contribution in [1.29, 1.82) is 0 Å². The Bertz CT molecular complexity index is 730. The van der Waals surface area contributed by atoms with Crippen molar-refractivity contribution in [2.45, 2.75) is 44.8 Å². The molecule has 2 fully saturated rings. The number of nitrogens with zero attached hydrogens (tertiary/aromatic N) is 1. The summed E-state index contributed by atoms with van der Waals surface area (Å²) < 4.78 is 5.91. The molecule has 2 aromatic rings. The molecule has 0 aromatic heterocycles. The minimum atomic E-state index is 0. The molecular weight excluding hydrogens is 419 g/mol. The number of aromatic hydroxyl groups is 1. The molecule has 0 spiro atoms. The molecule has 1 saturated carbocycles. The molecule has 0 amide bonds. The number of nitrogens with one attached hydrogen (secondary N) is 1. The predicted molar refractivity (Wildman–Crippen MR) is 127 cm³/mol. The molecule has 0 radical (unpaired) electrons. The van der Waals surface area contributed by atoms with Crippen LogP contribution in [-0.2, 0) is 6.61 Å². The Hall–Kier alpha value is -1.46. The van der Waals surface area contributed by atoms with Gasteiger partial charge in [-0.25, -0.2) is 0 Å². The molecule has 2 N–H and O–H groups in total. The lowest BCUT2D eigenvalue weighted by molar-refractivity contribution is 0.101. The average Bonchev–Trinajstić information content (AvgIpc) is 2.76. The number of phenols is 1. The number of piperazine rings is 1. The van der Waals surface area contributed by atoms with Crippen molar-refractivity contribution in [3.8, 4) is 11.5 Å². The first-order chi connectivity index (χ1) is 13.8. The first kappa shape index (κ1) is 24.8. The minimum absolute atomic E-state index is 0. The normalized spacial score (nSPS) is 18.7. The first-order valence-electron chi connectivity index (χ1n) is 10.8. The fraction of sp³-hybridized carbons (Fsp3) is 0.500. The number of ether oxygens (including phenoxy) is 1. The van der Waals surface area contributed by atoms with Crippen LogP contribution in [-0.4, -0.2) is 36.2 Å². The van der Waals surface area contributed by atoms with Crippen LogP contribution in [0, 0.1) is 5.92 Å². The number of rotatable bonds is 6. The lowest BCUT2D eigenvalue weighted by Crippen LogP contribution is -2.47. The van der Waals surface area contributed by atoms with E-state index in [4.69, 9.17) is 4.74 Å². The number of phenolic OH excluding ortho intramolecular Hbond substituents is 1. The molecule has 166 valence electrons. The zero-order valence-corrected chi connectivity index (χ0v) is 19.1. The van der Waals surface area contributed by atoms with Crippen molar-refractivity contribution in [3.05, 3.63) is 59.7 Å². The molecular formula is C24H34Cl2N2O2. The highest BCUT2D eigenvalue weighted by Gasteiger charge is 2.32. The third kappa shape index (κ3) is 6.27. The van der Waals surface area contributed by atoms with Crippen molar-refractivity contribution in [3.63, 3.8) is 0 Å². The van der Waals surface area contributed by atoms with Crippen LogP contribution in [0.5, 0.6) is 11.5 Å². The van der Waals surface area contributed by atoms with Gasteiger partial charge in [-0.3, -0.25) is 4.90 Å². The summed E-state index contributed by atoms with van der Waals surface area (Å²) in [5, 5.41) is 14.4. The Morgan fingerprint density at radius 1 is 0.967 bits per heavy atom. The molecule has 0 bridgehead atoms. The molecule has 1 aliphatic heterocycles. The van der Waals surface area contributed by atoms with E-state index in [0.29, 0.717) is 24.3 Å². The average molecular weight is 453 g/mol. The van der Waals surface area contributed by atoms with Crippen LogP contribution in [0.2, 0.25) is 0 Å². The number of hydrogen-bond acceptors (Lipinski definition) is 4. The van der Waals surface area contributed by atoms with Gasteiger partial charge in [0, 0.05) is 43.9 Å². The molecule has 30 heavy (non-hydrogen) atoms. The summed E-state index contributed by atoms with van der Waals surface area (Å²) >= 11 is 0. The summed E-state index contributed by atoms with van der Waals surface area (Å²) in [6, 6.07) is 16.4. The van der Waals surface area contributed by atoms with Gasteiger partial charge in [-0.15, -0.1) is 24.8 Å². The summed E-state index contributed by atoms with van der Waals surface area (Å²) in [6.07, 6.45) is 6.50. The Kier molecular flexibility index (Phi) is 10.3. The smallest absolute Gasteiger partial charge is 0.124 e. The van der Waals surface area contributed by atoms with Gasteiger partial charge in [0.05, 0.1) is 0 Å². The van der Waals surface area contributed by atoms with E-state index in [1.54, 1.807) is 6.07 Å². The van der Waals surface area contributed by atoms with Gasteiger partial charge in [0.15, 0.2) is 0 Å². The second-order valence-electron chi connectivity index (χ2n) is 8.12. The van der Waals surface area contributed by atoms with Crippen molar-refractivity contribution >= 4 is 24.8 Å². The fourth-order valence-corrected chi connectivity index (χ4v) is 4.76. The largest absolute Gasteiger partial charge is 0.507 e. The molecule has 1 saturated heterocycles. The van der Waals surface area contributed by atoms with Crippen molar-refractivity contribution < 1.29 is 9.84 Å². The predicted octanol–water partition coefficient (Wildman–Crippen LogP) is 5.34. The van der Waals surface area contributed by atoms with Gasteiger partial charge in [0.2, 0.25) is 0 Å². The summed E-state index contributed by atoms with van der Waals surface area (Å²) in [6.45, 7) is 4.67. The van der Waals surface area contributed by atoms with Gasteiger partial charge in [-0.1, -0.05) is 55.7 Å². The monoisotopic (exact) mass is 452 g/mol. The van der Waals surface area contributed by atoms with Gasteiger partial charge in [-0.05, 0) is 30.4 Å². The third-order valence-electron chi connectivity index (χ3n) is 6.21. The van der Waals surface area contributed by atoms with E-state index >= 15 is 0 Å². The van der Waals surface area contributed by atoms with Gasteiger partial charge >= 0.3 is 0 Å². The molecule has 2 aliphatic rings. The maximum Gasteiger partial charge on any atom is 0.124 e. The molecule has 4 rings (SSSR count). The number of benzene rings is 2. The van der Waals surface area contributed by atoms with Crippen molar-refractivity contribution in [2.75, 3.05) is 26.2 Å². The van der Waals surface area contributed by atoms with Gasteiger partial charge in [-0.2, -0.15) is 0 Å². The van der Waals surface area contributed by atoms with E-state index in [1.165, 1.54) is 32.1 Å². The highest BCUT2D eigenvalue weighted by molar-refractivity contribution is 5.85. The second kappa shape index (κ2) is 12.4. The van der Waals surface area contributed by atoms with Crippen LogP contribution in [0.15, 0.2) is 48.5 Å². The summed E-state index contributed by atoms with van der Waals surface area (Å²) in [5.74, 6) is 1.74. The van der Waals surface area contributed by atoms with Crippen LogP contribution in [0.25, 0.3) is 0 Å². The second-order valence-corrected chi connectivity index (χ2v) is 8.12. The Balaban J connectivity index is 0.00000160. The van der Waals surface area contributed by atoms with E-state index in [9.17, 15) is 5.11 Å².